The molecule has 0 unspecified atom stereocenters. The largest absolute Gasteiger partial charge is 0.481 e. The lowest BCUT2D eigenvalue weighted by molar-refractivity contribution is -0.131. The molecule has 1 aromatic carbocycles. The van der Waals surface area contributed by atoms with Gasteiger partial charge in [-0.3, -0.25) is 4.79 Å². The fourth-order valence-corrected chi connectivity index (χ4v) is 1.35. The van der Waals surface area contributed by atoms with Crippen LogP contribution in [0.3, 0.4) is 0 Å². The molecule has 0 atom stereocenters. The van der Waals surface area contributed by atoms with Crippen LogP contribution in [0.5, 0.6) is 5.75 Å². The van der Waals surface area contributed by atoms with E-state index in [1.54, 1.807) is 13.1 Å². The lowest BCUT2D eigenvalue weighted by Crippen LogP contribution is -2.31. The predicted molar refractivity (Wildman–Crippen MR) is 62.9 cm³/mol. The van der Waals surface area contributed by atoms with Crippen LogP contribution in [0, 0.1) is 5.82 Å². The molecule has 0 N–H and O–H groups in total. The van der Waals surface area contributed by atoms with Gasteiger partial charge in [0.1, 0.15) is 0 Å². The second-order valence-electron chi connectivity index (χ2n) is 3.27. The number of nitrogens with zero attached hydrogens (tertiary/aromatic N) is 1. The van der Waals surface area contributed by atoms with Gasteiger partial charge in [-0.1, -0.05) is 15.9 Å². The van der Waals surface area contributed by atoms with E-state index in [0.29, 0.717) is 11.0 Å². The summed E-state index contributed by atoms with van der Waals surface area (Å²) in [6.45, 7) is 2.31. The van der Waals surface area contributed by atoms with Crippen LogP contribution in [-0.2, 0) is 4.79 Å². The third-order valence-electron chi connectivity index (χ3n) is 2.15. The summed E-state index contributed by atoms with van der Waals surface area (Å²) in [5.74, 6) is -0.577. The van der Waals surface area contributed by atoms with Crippen molar-refractivity contribution in [3.05, 3.63) is 28.5 Å². The molecule has 1 amide bonds. The van der Waals surface area contributed by atoms with Crippen LogP contribution in [0.1, 0.15) is 6.92 Å². The van der Waals surface area contributed by atoms with Crippen LogP contribution in [0.2, 0.25) is 0 Å². The zero-order valence-electron chi connectivity index (χ0n) is 9.17. The summed E-state index contributed by atoms with van der Waals surface area (Å²) in [5, 5.41) is 0. The molecule has 0 aromatic heterocycles. The molecule has 0 aliphatic carbocycles. The Balaban J connectivity index is 2.58. The zero-order valence-corrected chi connectivity index (χ0v) is 10.8. The summed E-state index contributed by atoms with van der Waals surface area (Å²) >= 11 is 3.14. The molecule has 1 aromatic rings. The average molecular weight is 290 g/mol. The van der Waals surface area contributed by atoms with Crippen molar-refractivity contribution in [2.45, 2.75) is 6.92 Å². The van der Waals surface area contributed by atoms with E-state index in [-0.39, 0.29) is 18.3 Å². The minimum Gasteiger partial charge on any atom is -0.481 e. The summed E-state index contributed by atoms with van der Waals surface area (Å²) < 4.78 is 19.0. The number of rotatable bonds is 4. The molecule has 0 saturated carbocycles. The SMILES string of the molecule is CCN(C)C(=O)COc1ccc(Br)cc1F. The molecule has 0 saturated heterocycles. The molecule has 3 nitrogen and oxygen atoms in total. The number of likely N-dealkylation sites (N-methyl/N-ethyl adjacent to an activating group) is 1. The molecule has 0 spiro atoms. The minimum atomic E-state index is -0.485. The summed E-state index contributed by atoms with van der Waals surface area (Å²) in [6, 6.07) is 4.44. The Morgan fingerprint density at radius 3 is 2.81 bits per heavy atom. The number of benzene rings is 1. The molecule has 0 radical (unpaired) electrons. The van der Waals surface area contributed by atoms with E-state index >= 15 is 0 Å². The molecule has 0 aliphatic heterocycles. The standard InChI is InChI=1S/C11H13BrFNO2/c1-3-14(2)11(15)7-16-10-5-4-8(12)6-9(10)13/h4-6H,3,7H2,1-2H3. The number of halogens is 2. The Bertz CT molecular complexity index is 384. The molecular weight excluding hydrogens is 277 g/mol. The topological polar surface area (TPSA) is 29.5 Å². The summed E-state index contributed by atoms with van der Waals surface area (Å²) in [4.78, 5) is 12.9. The average Bonchev–Trinajstić information content (AvgIpc) is 2.26. The Morgan fingerprint density at radius 1 is 1.56 bits per heavy atom. The third-order valence-corrected chi connectivity index (χ3v) is 2.64. The highest BCUT2D eigenvalue weighted by atomic mass is 79.9. The Hall–Kier alpha value is -1.10. The third kappa shape index (κ3) is 3.48. The molecule has 5 heteroatoms. The predicted octanol–water partition coefficient (Wildman–Crippen LogP) is 2.45. The van der Waals surface area contributed by atoms with Crippen LogP contribution >= 0.6 is 15.9 Å². The Labute approximate surface area is 102 Å². The molecule has 16 heavy (non-hydrogen) atoms. The van der Waals surface area contributed by atoms with Gasteiger partial charge in [-0.25, -0.2) is 4.39 Å². The maximum absolute atomic E-state index is 13.3. The van der Waals surface area contributed by atoms with Crippen LogP contribution in [0.25, 0.3) is 0 Å². The first-order valence-electron chi connectivity index (χ1n) is 4.86. The van der Waals surface area contributed by atoms with Crippen molar-refractivity contribution in [2.24, 2.45) is 0 Å². The van der Waals surface area contributed by atoms with Gasteiger partial charge in [0.05, 0.1) is 0 Å². The van der Waals surface area contributed by atoms with Crippen molar-refractivity contribution >= 4 is 21.8 Å². The smallest absolute Gasteiger partial charge is 0.260 e. The molecule has 0 bridgehead atoms. The number of carbonyl (C=O) groups excluding carboxylic acids is 1. The highest BCUT2D eigenvalue weighted by molar-refractivity contribution is 9.10. The van der Waals surface area contributed by atoms with E-state index in [2.05, 4.69) is 15.9 Å². The first-order valence-corrected chi connectivity index (χ1v) is 5.65. The monoisotopic (exact) mass is 289 g/mol. The van der Waals surface area contributed by atoms with E-state index in [1.165, 1.54) is 17.0 Å². The van der Waals surface area contributed by atoms with Crippen LogP contribution < -0.4 is 4.74 Å². The molecule has 1 rings (SSSR count). The van der Waals surface area contributed by atoms with Gasteiger partial charge in [-0.15, -0.1) is 0 Å². The van der Waals surface area contributed by atoms with Gasteiger partial charge in [0, 0.05) is 18.1 Å². The van der Waals surface area contributed by atoms with Crippen molar-refractivity contribution in [1.82, 2.24) is 4.90 Å². The highest BCUT2D eigenvalue weighted by Gasteiger charge is 2.09. The zero-order chi connectivity index (χ0) is 12.1. The maximum atomic E-state index is 13.3. The van der Waals surface area contributed by atoms with Gasteiger partial charge in [0.15, 0.2) is 18.2 Å². The summed E-state index contributed by atoms with van der Waals surface area (Å²) in [5.41, 5.74) is 0. The van der Waals surface area contributed by atoms with Gasteiger partial charge >= 0.3 is 0 Å². The fourth-order valence-electron chi connectivity index (χ4n) is 1.02. The molecule has 0 heterocycles. The van der Waals surface area contributed by atoms with E-state index in [4.69, 9.17) is 4.74 Å². The van der Waals surface area contributed by atoms with Gasteiger partial charge in [0.25, 0.3) is 5.91 Å². The number of amides is 1. The highest BCUT2D eigenvalue weighted by Crippen LogP contribution is 2.21. The van der Waals surface area contributed by atoms with Crippen molar-refractivity contribution in [2.75, 3.05) is 20.2 Å². The Kier molecular flexibility index (Phi) is 4.73. The molecular formula is C11H13BrFNO2. The first kappa shape index (κ1) is 13.0. The van der Waals surface area contributed by atoms with Crippen LogP contribution in [0.15, 0.2) is 22.7 Å². The second kappa shape index (κ2) is 5.84. The summed E-state index contributed by atoms with van der Waals surface area (Å²) in [7, 11) is 1.67. The Morgan fingerprint density at radius 2 is 2.25 bits per heavy atom. The normalized spacial score (nSPS) is 10.0. The van der Waals surface area contributed by atoms with Gasteiger partial charge in [-0.05, 0) is 25.1 Å². The van der Waals surface area contributed by atoms with Crippen LogP contribution in [-0.4, -0.2) is 31.0 Å². The lowest BCUT2D eigenvalue weighted by atomic mass is 10.3. The van der Waals surface area contributed by atoms with Crippen molar-refractivity contribution in [3.8, 4) is 5.75 Å². The van der Waals surface area contributed by atoms with E-state index in [0.717, 1.165) is 0 Å². The maximum Gasteiger partial charge on any atom is 0.260 e. The minimum absolute atomic E-state index is 0.0843. The van der Waals surface area contributed by atoms with Crippen molar-refractivity contribution in [1.29, 1.82) is 0 Å². The molecule has 88 valence electrons. The van der Waals surface area contributed by atoms with E-state index in [9.17, 15) is 9.18 Å². The van der Waals surface area contributed by atoms with Crippen molar-refractivity contribution < 1.29 is 13.9 Å². The van der Waals surface area contributed by atoms with E-state index in [1.807, 2.05) is 6.92 Å². The quantitative estimate of drug-likeness (QED) is 0.852. The molecule has 0 fully saturated rings. The summed E-state index contributed by atoms with van der Waals surface area (Å²) in [6.07, 6.45) is 0. The van der Waals surface area contributed by atoms with Gasteiger partial charge in [0.2, 0.25) is 0 Å². The van der Waals surface area contributed by atoms with Gasteiger partial charge < -0.3 is 9.64 Å². The number of hydrogen-bond acceptors (Lipinski definition) is 2. The number of ether oxygens (including phenoxy) is 1. The number of hydrogen-bond donors (Lipinski definition) is 0. The lowest BCUT2D eigenvalue weighted by Gasteiger charge is -2.15. The van der Waals surface area contributed by atoms with Crippen LogP contribution in [0.4, 0.5) is 4.39 Å². The van der Waals surface area contributed by atoms with Gasteiger partial charge in [-0.2, -0.15) is 0 Å². The number of carbonyl (C=O) groups is 1. The van der Waals surface area contributed by atoms with E-state index < -0.39 is 5.82 Å². The first-order chi connectivity index (χ1) is 7.54. The van der Waals surface area contributed by atoms with Crippen molar-refractivity contribution in [3.63, 3.8) is 0 Å². The molecule has 0 aliphatic rings. The fraction of sp³-hybridized carbons (Fsp3) is 0.364. The second-order valence-corrected chi connectivity index (χ2v) is 4.19.